The van der Waals surface area contributed by atoms with Crippen LogP contribution in [0.25, 0.3) is 0 Å². The van der Waals surface area contributed by atoms with Gasteiger partial charge >= 0.3 is 6.18 Å². The van der Waals surface area contributed by atoms with Crippen LogP contribution in [-0.2, 0) is 38.8 Å². The number of sulfonamides is 1. The molecule has 0 fully saturated rings. The predicted molar refractivity (Wildman–Crippen MR) is 176 cm³/mol. The molecule has 47 heavy (non-hydrogen) atoms. The van der Waals surface area contributed by atoms with Crippen LogP contribution in [0, 0.1) is 0 Å². The fourth-order valence-corrected chi connectivity index (χ4v) is 6.56. The zero-order chi connectivity index (χ0) is 34.2. The van der Waals surface area contributed by atoms with Crippen LogP contribution in [0.5, 0.6) is 0 Å². The number of carbonyl (C=O) groups is 2. The minimum Gasteiger partial charge on any atom is -0.352 e. The van der Waals surface area contributed by atoms with Crippen LogP contribution in [0.4, 0.5) is 18.9 Å². The Labute approximate surface area is 278 Å². The summed E-state index contributed by atoms with van der Waals surface area (Å²) in [5.74, 6) is -1.24. The highest BCUT2D eigenvalue weighted by Gasteiger charge is 2.37. The standard InChI is InChI=1S/C35H35ClF3N3O4S/c1-3-25(2)40-34(44)32(21-26-13-7-4-8-14-26)41(23-27-15-9-5-10-16-27)33(43)24-42(47(45,46)29-17-11-6-12-18-29)28-19-20-31(36)30(22-28)35(37,38)39/h4-20,22,25,32H,3,21,23-24H2,1-2H3,(H,40,44)/t25-,32-/m1/s1. The van der Waals surface area contributed by atoms with Gasteiger partial charge in [0.25, 0.3) is 10.0 Å². The molecule has 0 saturated carbocycles. The smallest absolute Gasteiger partial charge is 0.352 e. The van der Waals surface area contributed by atoms with Gasteiger partial charge in [0, 0.05) is 19.0 Å². The Morgan fingerprint density at radius 2 is 1.40 bits per heavy atom. The van der Waals surface area contributed by atoms with Crippen LogP contribution in [0.3, 0.4) is 0 Å². The highest BCUT2D eigenvalue weighted by atomic mass is 35.5. The first-order valence-electron chi connectivity index (χ1n) is 14.9. The summed E-state index contributed by atoms with van der Waals surface area (Å²) in [7, 11) is -4.58. The molecule has 4 rings (SSSR count). The number of amides is 2. The lowest BCUT2D eigenvalue weighted by atomic mass is 10.0. The van der Waals surface area contributed by atoms with Crippen molar-refractivity contribution in [3.8, 4) is 0 Å². The summed E-state index contributed by atoms with van der Waals surface area (Å²) in [4.78, 5) is 29.3. The van der Waals surface area contributed by atoms with Crippen molar-refractivity contribution in [1.29, 1.82) is 0 Å². The SMILES string of the molecule is CC[C@@H](C)NC(=O)[C@@H](Cc1ccccc1)N(Cc1ccccc1)C(=O)CN(c1ccc(Cl)c(C(F)(F)F)c1)S(=O)(=O)c1ccccc1. The van der Waals surface area contributed by atoms with Gasteiger partial charge < -0.3 is 10.2 Å². The van der Waals surface area contributed by atoms with Crippen molar-refractivity contribution in [1.82, 2.24) is 10.2 Å². The van der Waals surface area contributed by atoms with E-state index in [2.05, 4.69) is 5.32 Å². The largest absolute Gasteiger partial charge is 0.417 e. The van der Waals surface area contributed by atoms with E-state index in [0.717, 1.165) is 17.7 Å². The van der Waals surface area contributed by atoms with E-state index in [9.17, 15) is 31.2 Å². The molecule has 12 heteroatoms. The Bertz CT molecular complexity index is 1760. The van der Waals surface area contributed by atoms with Gasteiger partial charge in [0.05, 0.1) is 21.2 Å². The molecular weight excluding hydrogens is 651 g/mol. The van der Waals surface area contributed by atoms with Crippen LogP contribution < -0.4 is 9.62 Å². The first kappa shape index (κ1) is 35.5. The topological polar surface area (TPSA) is 86.8 Å². The fraction of sp³-hybridized carbons (Fsp3) is 0.257. The molecule has 0 radical (unpaired) electrons. The summed E-state index contributed by atoms with van der Waals surface area (Å²) in [6.45, 7) is 2.76. The molecule has 0 spiro atoms. The molecule has 4 aromatic carbocycles. The van der Waals surface area contributed by atoms with Crippen molar-refractivity contribution in [3.63, 3.8) is 0 Å². The van der Waals surface area contributed by atoms with Crippen molar-refractivity contribution < 1.29 is 31.2 Å². The number of benzene rings is 4. The molecular formula is C35H35ClF3N3O4S. The van der Waals surface area contributed by atoms with Crippen LogP contribution in [0.2, 0.25) is 5.02 Å². The van der Waals surface area contributed by atoms with Crippen molar-refractivity contribution in [2.24, 2.45) is 0 Å². The number of halogens is 4. The van der Waals surface area contributed by atoms with Crippen molar-refractivity contribution in [2.75, 3.05) is 10.8 Å². The number of anilines is 1. The average molecular weight is 686 g/mol. The average Bonchev–Trinajstić information content (AvgIpc) is 3.06. The first-order valence-corrected chi connectivity index (χ1v) is 16.7. The minimum absolute atomic E-state index is 0.0707. The molecule has 0 heterocycles. The number of hydrogen-bond acceptors (Lipinski definition) is 4. The third-order valence-electron chi connectivity index (χ3n) is 7.62. The van der Waals surface area contributed by atoms with E-state index in [1.165, 1.54) is 29.2 Å². The van der Waals surface area contributed by atoms with Crippen LogP contribution in [0.1, 0.15) is 37.0 Å². The molecule has 0 aliphatic carbocycles. The molecule has 0 unspecified atom stereocenters. The summed E-state index contributed by atoms with van der Waals surface area (Å²) in [6, 6.07) is 26.3. The van der Waals surface area contributed by atoms with E-state index >= 15 is 0 Å². The van der Waals surface area contributed by atoms with E-state index in [4.69, 9.17) is 11.6 Å². The van der Waals surface area contributed by atoms with Crippen molar-refractivity contribution in [2.45, 2.75) is 56.4 Å². The van der Waals surface area contributed by atoms with E-state index in [-0.39, 0.29) is 23.9 Å². The second-order valence-corrected chi connectivity index (χ2v) is 13.3. The Balaban J connectivity index is 1.85. The van der Waals surface area contributed by atoms with E-state index in [0.29, 0.717) is 22.4 Å². The summed E-state index contributed by atoms with van der Waals surface area (Å²) in [5.41, 5.74) is -0.252. The number of hydrogen-bond donors (Lipinski definition) is 1. The highest BCUT2D eigenvalue weighted by molar-refractivity contribution is 7.92. The number of nitrogens with one attached hydrogen (secondary N) is 1. The van der Waals surface area contributed by atoms with Crippen molar-refractivity contribution >= 4 is 39.1 Å². The van der Waals surface area contributed by atoms with Gasteiger partial charge in [-0.1, -0.05) is 97.4 Å². The van der Waals surface area contributed by atoms with E-state index in [1.807, 2.05) is 32.0 Å². The van der Waals surface area contributed by atoms with Gasteiger partial charge in [0.1, 0.15) is 12.6 Å². The third kappa shape index (κ3) is 9.14. The normalized spacial score (nSPS) is 13.0. The lowest BCUT2D eigenvalue weighted by Gasteiger charge is -2.34. The molecule has 0 bridgehead atoms. The van der Waals surface area contributed by atoms with Crippen LogP contribution in [-0.4, -0.2) is 43.8 Å². The lowest BCUT2D eigenvalue weighted by molar-refractivity contribution is -0.140. The van der Waals surface area contributed by atoms with Gasteiger partial charge in [0.15, 0.2) is 0 Å². The van der Waals surface area contributed by atoms with Crippen LogP contribution >= 0.6 is 11.6 Å². The molecule has 0 aliphatic heterocycles. The molecule has 248 valence electrons. The summed E-state index contributed by atoms with van der Waals surface area (Å²) in [6.07, 6.45) is -4.17. The summed E-state index contributed by atoms with van der Waals surface area (Å²) < 4.78 is 70.4. The maximum atomic E-state index is 14.4. The first-order chi connectivity index (χ1) is 22.3. The summed E-state index contributed by atoms with van der Waals surface area (Å²) in [5, 5.41) is 2.31. The maximum Gasteiger partial charge on any atom is 0.417 e. The molecule has 2 amide bonds. The van der Waals surface area contributed by atoms with E-state index < -0.39 is 56.9 Å². The summed E-state index contributed by atoms with van der Waals surface area (Å²) >= 11 is 5.86. The van der Waals surface area contributed by atoms with Gasteiger partial charge in [-0.15, -0.1) is 0 Å². The van der Waals surface area contributed by atoms with Crippen molar-refractivity contribution in [3.05, 3.63) is 131 Å². The molecule has 7 nitrogen and oxygen atoms in total. The molecule has 1 N–H and O–H groups in total. The molecule has 2 atom stereocenters. The van der Waals surface area contributed by atoms with Gasteiger partial charge in [-0.05, 0) is 54.8 Å². The molecule has 0 saturated heterocycles. The van der Waals surface area contributed by atoms with Gasteiger partial charge in [-0.3, -0.25) is 13.9 Å². The number of carbonyl (C=O) groups excluding carboxylic acids is 2. The molecule has 0 aliphatic rings. The number of rotatable bonds is 13. The Morgan fingerprint density at radius 1 is 0.851 bits per heavy atom. The molecule has 4 aromatic rings. The lowest BCUT2D eigenvalue weighted by Crippen LogP contribution is -2.54. The predicted octanol–water partition coefficient (Wildman–Crippen LogP) is 7.11. The number of alkyl halides is 3. The quantitative estimate of drug-likeness (QED) is 0.163. The second kappa shape index (κ2) is 15.5. The minimum atomic E-state index is -4.90. The molecule has 0 aromatic heterocycles. The van der Waals surface area contributed by atoms with Gasteiger partial charge in [-0.25, -0.2) is 8.42 Å². The maximum absolute atomic E-state index is 14.4. The zero-order valence-corrected chi connectivity index (χ0v) is 27.4. The third-order valence-corrected chi connectivity index (χ3v) is 9.74. The number of nitrogens with zero attached hydrogens (tertiary/aromatic N) is 2. The van der Waals surface area contributed by atoms with E-state index in [1.54, 1.807) is 48.5 Å². The van der Waals surface area contributed by atoms with Gasteiger partial charge in [-0.2, -0.15) is 13.2 Å². The Hall–Kier alpha value is -4.35. The van der Waals surface area contributed by atoms with Gasteiger partial charge in [0.2, 0.25) is 11.8 Å². The fourth-order valence-electron chi connectivity index (χ4n) is 4.91. The second-order valence-electron chi connectivity index (χ2n) is 11.0. The zero-order valence-electron chi connectivity index (χ0n) is 25.8. The Kier molecular flexibility index (Phi) is 11.7. The highest BCUT2D eigenvalue weighted by Crippen LogP contribution is 2.38. The van der Waals surface area contributed by atoms with Crippen LogP contribution in [0.15, 0.2) is 114 Å². The monoisotopic (exact) mass is 685 g/mol. The Morgan fingerprint density at radius 3 is 1.96 bits per heavy atom.